The van der Waals surface area contributed by atoms with Gasteiger partial charge in [0, 0.05) is 24.7 Å². The third-order valence-electron chi connectivity index (χ3n) is 3.27. The Hall–Kier alpha value is -2.82. The third kappa shape index (κ3) is 6.12. The summed E-state index contributed by atoms with van der Waals surface area (Å²) in [6, 6.07) is 14.9. The average Bonchev–Trinajstić information content (AvgIpc) is 2.51. The number of aryl methyl sites for hydroxylation is 1. The van der Waals surface area contributed by atoms with Gasteiger partial charge in [0.2, 0.25) is 11.8 Å². The van der Waals surface area contributed by atoms with Crippen molar-refractivity contribution in [3.63, 3.8) is 0 Å². The molecule has 0 aliphatic heterocycles. The molecule has 0 aliphatic carbocycles. The second-order valence-corrected chi connectivity index (χ2v) is 5.58. The van der Waals surface area contributed by atoms with Crippen molar-refractivity contribution in [1.29, 1.82) is 0 Å². The van der Waals surface area contributed by atoms with Crippen LogP contribution in [-0.4, -0.2) is 18.4 Å². The maximum Gasteiger partial charge on any atom is 0.224 e. The van der Waals surface area contributed by atoms with Crippen molar-refractivity contribution in [2.45, 2.75) is 26.7 Å². The van der Waals surface area contributed by atoms with Gasteiger partial charge < -0.3 is 15.4 Å². The molecule has 2 aromatic rings. The molecule has 0 saturated carbocycles. The molecule has 5 nitrogen and oxygen atoms in total. The minimum absolute atomic E-state index is 0.0807. The molecule has 0 aliphatic rings. The average molecular weight is 326 g/mol. The van der Waals surface area contributed by atoms with E-state index in [0.29, 0.717) is 30.8 Å². The molecule has 0 aromatic heterocycles. The molecule has 0 unspecified atom stereocenters. The molecule has 0 heterocycles. The third-order valence-corrected chi connectivity index (χ3v) is 3.27. The number of carbonyl (C=O) groups excluding carboxylic acids is 2. The molecule has 0 fully saturated rings. The highest BCUT2D eigenvalue weighted by Gasteiger charge is 2.04. The molecule has 126 valence electrons. The van der Waals surface area contributed by atoms with E-state index in [1.54, 1.807) is 24.3 Å². The van der Waals surface area contributed by atoms with Crippen LogP contribution in [0.4, 0.5) is 11.4 Å². The predicted octanol–water partition coefficient (Wildman–Crippen LogP) is 3.75. The van der Waals surface area contributed by atoms with Crippen LogP contribution in [0.5, 0.6) is 5.75 Å². The standard InChI is InChI=1S/C19H22N2O3/c1-14-6-3-9-18(12-14)24-11-5-10-19(23)21-17-8-4-7-16(13-17)20-15(2)22/h3-4,6-9,12-13H,5,10-11H2,1-2H3,(H,20,22)(H,21,23). The van der Waals surface area contributed by atoms with E-state index in [1.807, 2.05) is 31.2 Å². The van der Waals surface area contributed by atoms with Crippen molar-refractivity contribution >= 4 is 23.2 Å². The number of amides is 2. The molecule has 0 atom stereocenters. The Morgan fingerprint density at radius 2 is 1.71 bits per heavy atom. The van der Waals surface area contributed by atoms with E-state index >= 15 is 0 Å². The van der Waals surface area contributed by atoms with Gasteiger partial charge in [0.1, 0.15) is 5.75 Å². The number of carbonyl (C=O) groups is 2. The Morgan fingerprint density at radius 3 is 2.42 bits per heavy atom. The first-order valence-electron chi connectivity index (χ1n) is 7.90. The first-order chi connectivity index (χ1) is 11.5. The van der Waals surface area contributed by atoms with Gasteiger partial charge in [0.15, 0.2) is 0 Å². The van der Waals surface area contributed by atoms with Crippen molar-refractivity contribution < 1.29 is 14.3 Å². The van der Waals surface area contributed by atoms with E-state index in [9.17, 15) is 9.59 Å². The smallest absolute Gasteiger partial charge is 0.224 e. The fourth-order valence-corrected chi connectivity index (χ4v) is 2.23. The molecule has 5 heteroatoms. The van der Waals surface area contributed by atoms with Gasteiger partial charge in [-0.05, 0) is 49.2 Å². The normalized spacial score (nSPS) is 10.1. The number of rotatable bonds is 7. The molecule has 0 saturated heterocycles. The van der Waals surface area contributed by atoms with Gasteiger partial charge in [-0.2, -0.15) is 0 Å². The Balaban J connectivity index is 1.74. The van der Waals surface area contributed by atoms with Crippen LogP contribution in [0.3, 0.4) is 0 Å². The van der Waals surface area contributed by atoms with Crippen molar-refractivity contribution in [3.8, 4) is 5.75 Å². The van der Waals surface area contributed by atoms with Crippen LogP contribution in [0.1, 0.15) is 25.3 Å². The topological polar surface area (TPSA) is 67.4 Å². The summed E-state index contributed by atoms with van der Waals surface area (Å²) in [5.41, 5.74) is 2.46. The largest absolute Gasteiger partial charge is 0.494 e. The zero-order chi connectivity index (χ0) is 17.4. The van der Waals surface area contributed by atoms with Crippen LogP contribution in [0, 0.1) is 6.92 Å². The summed E-state index contributed by atoms with van der Waals surface area (Å²) in [5.74, 6) is 0.591. The highest BCUT2D eigenvalue weighted by atomic mass is 16.5. The Morgan fingerprint density at radius 1 is 1.00 bits per heavy atom. The van der Waals surface area contributed by atoms with Crippen LogP contribution < -0.4 is 15.4 Å². The summed E-state index contributed by atoms with van der Waals surface area (Å²) in [5, 5.41) is 5.50. The molecule has 2 aromatic carbocycles. The van der Waals surface area contributed by atoms with Crippen LogP contribution in [-0.2, 0) is 9.59 Å². The Bertz CT molecular complexity index is 713. The van der Waals surface area contributed by atoms with E-state index < -0.39 is 0 Å². The summed E-state index contributed by atoms with van der Waals surface area (Å²) in [7, 11) is 0. The van der Waals surface area contributed by atoms with Gasteiger partial charge in [-0.1, -0.05) is 18.2 Å². The van der Waals surface area contributed by atoms with Gasteiger partial charge in [-0.25, -0.2) is 0 Å². The van der Waals surface area contributed by atoms with Gasteiger partial charge in [-0.15, -0.1) is 0 Å². The first kappa shape index (κ1) is 17.5. The van der Waals surface area contributed by atoms with Gasteiger partial charge in [0.05, 0.1) is 6.61 Å². The number of anilines is 2. The molecular weight excluding hydrogens is 304 g/mol. The Kier molecular flexibility index (Phi) is 6.37. The monoisotopic (exact) mass is 326 g/mol. The van der Waals surface area contributed by atoms with E-state index in [4.69, 9.17) is 4.74 Å². The second-order valence-electron chi connectivity index (χ2n) is 5.58. The molecule has 2 rings (SSSR count). The second kappa shape index (κ2) is 8.72. The lowest BCUT2D eigenvalue weighted by molar-refractivity contribution is -0.116. The minimum atomic E-state index is -0.147. The molecule has 24 heavy (non-hydrogen) atoms. The fourth-order valence-electron chi connectivity index (χ4n) is 2.23. The van der Waals surface area contributed by atoms with Gasteiger partial charge >= 0.3 is 0 Å². The number of benzene rings is 2. The van der Waals surface area contributed by atoms with E-state index in [-0.39, 0.29) is 11.8 Å². The number of hydrogen-bond donors (Lipinski definition) is 2. The van der Waals surface area contributed by atoms with Crippen molar-refractivity contribution in [3.05, 3.63) is 54.1 Å². The lowest BCUT2D eigenvalue weighted by Crippen LogP contribution is -2.13. The van der Waals surface area contributed by atoms with E-state index in [0.717, 1.165) is 11.3 Å². The minimum Gasteiger partial charge on any atom is -0.494 e. The highest BCUT2D eigenvalue weighted by Crippen LogP contribution is 2.16. The number of hydrogen-bond acceptors (Lipinski definition) is 3. The van der Waals surface area contributed by atoms with Crippen molar-refractivity contribution in [2.75, 3.05) is 17.2 Å². The summed E-state index contributed by atoms with van der Waals surface area (Å²) < 4.78 is 5.62. The van der Waals surface area contributed by atoms with E-state index in [2.05, 4.69) is 10.6 Å². The predicted molar refractivity (Wildman–Crippen MR) is 95.3 cm³/mol. The zero-order valence-corrected chi connectivity index (χ0v) is 14.0. The molecule has 0 radical (unpaired) electrons. The number of nitrogens with one attached hydrogen (secondary N) is 2. The maximum atomic E-state index is 12.0. The summed E-state index contributed by atoms with van der Waals surface area (Å²) in [4.78, 5) is 23.0. The first-order valence-corrected chi connectivity index (χ1v) is 7.90. The lowest BCUT2D eigenvalue weighted by atomic mass is 10.2. The number of ether oxygens (including phenoxy) is 1. The van der Waals surface area contributed by atoms with Gasteiger partial charge in [0.25, 0.3) is 0 Å². The maximum absolute atomic E-state index is 12.0. The van der Waals surface area contributed by atoms with Crippen LogP contribution >= 0.6 is 0 Å². The SMILES string of the molecule is CC(=O)Nc1cccc(NC(=O)CCCOc2cccc(C)c2)c1. The molecule has 0 spiro atoms. The van der Waals surface area contributed by atoms with Crippen LogP contribution in [0.25, 0.3) is 0 Å². The summed E-state index contributed by atoms with van der Waals surface area (Å²) in [6.45, 7) is 3.94. The lowest BCUT2D eigenvalue weighted by Gasteiger charge is -2.09. The summed E-state index contributed by atoms with van der Waals surface area (Å²) >= 11 is 0. The summed E-state index contributed by atoms with van der Waals surface area (Å²) in [6.07, 6.45) is 1.00. The van der Waals surface area contributed by atoms with Crippen LogP contribution in [0.15, 0.2) is 48.5 Å². The molecule has 0 bridgehead atoms. The quantitative estimate of drug-likeness (QED) is 0.762. The fraction of sp³-hybridized carbons (Fsp3) is 0.263. The van der Waals surface area contributed by atoms with Crippen molar-refractivity contribution in [1.82, 2.24) is 0 Å². The molecule has 2 amide bonds. The molecular formula is C19H22N2O3. The highest BCUT2D eigenvalue weighted by molar-refractivity contribution is 5.93. The van der Waals surface area contributed by atoms with Gasteiger partial charge in [-0.3, -0.25) is 9.59 Å². The Labute approximate surface area is 142 Å². The van der Waals surface area contributed by atoms with Crippen LogP contribution in [0.2, 0.25) is 0 Å². The molecule has 2 N–H and O–H groups in total. The zero-order valence-electron chi connectivity index (χ0n) is 14.0. The van der Waals surface area contributed by atoms with E-state index in [1.165, 1.54) is 6.92 Å². The van der Waals surface area contributed by atoms with Crippen molar-refractivity contribution in [2.24, 2.45) is 0 Å².